The van der Waals surface area contributed by atoms with Crippen molar-refractivity contribution in [2.75, 3.05) is 13.2 Å². The molecule has 2 aromatic heterocycles. The van der Waals surface area contributed by atoms with Crippen LogP contribution in [0.25, 0.3) is 5.65 Å². The van der Waals surface area contributed by atoms with E-state index in [1.165, 1.54) is 19.3 Å². The van der Waals surface area contributed by atoms with Crippen LogP contribution >= 0.6 is 0 Å². The van der Waals surface area contributed by atoms with Crippen molar-refractivity contribution in [1.82, 2.24) is 19.9 Å². The molecule has 6 heteroatoms. The molecule has 0 radical (unpaired) electrons. The van der Waals surface area contributed by atoms with Crippen LogP contribution in [0.2, 0.25) is 0 Å². The number of aromatic nitrogens is 3. The Labute approximate surface area is 129 Å². The molecule has 1 N–H and O–H groups in total. The van der Waals surface area contributed by atoms with Gasteiger partial charge >= 0.3 is 0 Å². The number of nitrogens with zero attached hydrogens (tertiary/aromatic N) is 3. The summed E-state index contributed by atoms with van der Waals surface area (Å²) in [7, 11) is 0. The molecule has 0 spiro atoms. The molecule has 2 atom stereocenters. The number of ether oxygens (including phenoxy) is 1. The minimum absolute atomic E-state index is 0.158. The van der Waals surface area contributed by atoms with E-state index < -0.39 is 0 Å². The zero-order valence-corrected chi connectivity index (χ0v) is 12.9. The minimum Gasteiger partial charge on any atom is -0.376 e. The highest BCUT2D eigenvalue weighted by atomic mass is 16.5. The van der Waals surface area contributed by atoms with E-state index in [0.717, 1.165) is 6.42 Å². The second-order valence-corrected chi connectivity index (χ2v) is 5.87. The van der Waals surface area contributed by atoms with Crippen molar-refractivity contribution in [3.8, 4) is 0 Å². The molecule has 1 aliphatic carbocycles. The number of rotatable bonds is 5. The Bertz CT molecular complexity index is 640. The Morgan fingerprint density at radius 2 is 2.32 bits per heavy atom. The van der Waals surface area contributed by atoms with Crippen LogP contribution in [-0.4, -0.2) is 39.8 Å². The van der Waals surface area contributed by atoms with E-state index in [2.05, 4.69) is 22.3 Å². The maximum absolute atomic E-state index is 12.2. The van der Waals surface area contributed by atoms with Gasteiger partial charge in [0.1, 0.15) is 5.56 Å². The normalized spacial score (nSPS) is 21.9. The molecule has 0 bridgehead atoms. The van der Waals surface area contributed by atoms with Gasteiger partial charge in [0.25, 0.3) is 5.91 Å². The lowest BCUT2D eigenvalue weighted by molar-refractivity contribution is -0.00293. The topological polar surface area (TPSA) is 68.5 Å². The first-order chi connectivity index (χ1) is 10.8. The van der Waals surface area contributed by atoms with Gasteiger partial charge in [0, 0.05) is 18.9 Å². The maximum atomic E-state index is 12.2. The monoisotopic (exact) mass is 302 g/mol. The van der Waals surface area contributed by atoms with E-state index in [9.17, 15) is 4.79 Å². The Balaban J connectivity index is 1.48. The third-order valence-electron chi connectivity index (χ3n) is 4.28. The van der Waals surface area contributed by atoms with Crippen LogP contribution in [0, 0.1) is 5.92 Å². The molecule has 0 saturated heterocycles. The Morgan fingerprint density at radius 1 is 1.45 bits per heavy atom. The van der Waals surface area contributed by atoms with Crippen LogP contribution in [0.1, 0.15) is 43.0 Å². The van der Waals surface area contributed by atoms with E-state index >= 15 is 0 Å². The van der Waals surface area contributed by atoms with Crippen LogP contribution in [0.4, 0.5) is 0 Å². The van der Waals surface area contributed by atoms with Gasteiger partial charge in [-0.2, -0.15) is 5.10 Å². The first kappa shape index (κ1) is 15.0. The Hall–Kier alpha value is -1.95. The molecule has 1 amide bonds. The van der Waals surface area contributed by atoms with Crippen LogP contribution in [0.3, 0.4) is 0 Å². The van der Waals surface area contributed by atoms with Crippen molar-refractivity contribution in [3.05, 3.63) is 30.2 Å². The average Bonchev–Trinajstić information content (AvgIpc) is 2.97. The molecule has 2 unspecified atom stereocenters. The number of hydrogen-bond donors (Lipinski definition) is 1. The number of nitrogens with one attached hydrogen (secondary N) is 1. The number of amides is 1. The molecule has 1 aliphatic rings. The zero-order valence-electron chi connectivity index (χ0n) is 12.9. The predicted octanol–water partition coefficient (Wildman–Crippen LogP) is 2.05. The van der Waals surface area contributed by atoms with Gasteiger partial charge in [-0.15, -0.1) is 0 Å². The number of carbonyl (C=O) groups excluding carboxylic acids is 1. The molecule has 3 rings (SSSR count). The second kappa shape index (κ2) is 6.87. The molecule has 22 heavy (non-hydrogen) atoms. The SMILES string of the molecule is CC1CCCCC1OCCNC(=O)c1cnn2cccnc12. The summed E-state index contributed by atoms with van der Waals surface area (Å²) in [4.78, 5) is 16.4. The number of fused-ring (bicyclic) bond motifs is 1. The lowest BCUT2D eigenvalue weighted by Gasteiger charge is -2.28. The third kappa shape index (κ3) is 3.27. The molecular formula is C16H22N4O2. The van der Waals surface area contributed by atoms with Gasteiger partial charge in [-0.3, -0.25) is 4.79 Å². The van der Waals surface area contributed by atoms with Crippen LogP contribution < -0.4 is 5.32 Å². The van der Waals surface area contributed by atoms with Crippen molar-refractivity contribution in [2.45, 2.75) is 38.7 Å². The third-order valence-corrected chi connectivity index (χ3v) is 4.28. The summed E-state index contributed by atoms with van der Waals surface area (Å²) in [5.74, 6) is 0.460. The van der Waals surface area contributed by atoms with Gasteiger partial charge in [-0.25, -0.2) is 9.50 Å². The van der Waals surface area contributed by atoms with Crippen LogP contribution in [-0.2, 0) is 4.74 Å². The fourth-order valence-electron chi connectivity index (χ4n) is 2.99. The highest BCUT2D eigenvalue weighted by molar-refractivity contribution is 5.99. The van der Waals surface area contributed by atoms with Crippen LogP contribution in [0.15, 0.2) is 24.7 Å². The zero-order chi connectivity index (χ0) is 15.4. The summed E-state index contributed by atoms with van der Waals surface area (Å²) in [5.41, 5.74) is 1.06. The minimum atomic E-state index is -0.158. The summed E-state index contributed by atoms with van der Waals surface area (Å²) in [5, 5.41) is 6.99. The highest BCUT2D eigenvalue weighted by Gasteiger charge is 2.21. The maximum Gasteiger partial charge on any atom is 0.256 e. The van der Waals surface area contributed by atoms with Gasteiger partial charge in [-0.05, 0) is 24.8 Å². The largest absolute Gasteiger partial charge is 0.376 e. The van der Waals surface area contributed by atoms with E-state index in [-0.39, 0.29) is 5.91 Å². The quantitative estimate of drug-likeness (QED) is 0.858. The number of hydrogen-bond acceptors (Lipinski definition) is 4. The first-order valence-corrected chi connectivity index (χ1v) is 7.94. The molecule has 118 valence electrons. The summed E-state index contributed by atoms with van der Waals surface area (Å²) < 4.78 is 7.49. The van der Waals surface area contributed by atoms with Crippen molar-refractivity contribution >= 4 is 11.6 Å². The summed E-state index contributed by atoms with van der Waals surface area (Å²) >= 11 is 0. The lowest BCUT2D eigenvalue weighted by Crippen LogP contribution is -2.31. The fourth-order valence-corrected chi connectivity index (χ4v) is 2.99. The Kier molecular flexibility index (Phi) is 4.68. The molecule has 2 aromatic rings. The standard InChI is InChI=1S/C16H22N4O2/c1-12-5-2-3-6-14(12)22-10-8-18-16(21)13-11-19-20-9-4-7-17-15(13)20/h4,7,9,11-12,14H,2-3,5-6,8,10H2,1H3,(H,18,21). The van der Waals surface area contributed by atoms with E-state index in [0.29, 0.717) is 36.4 Å². The predicted molar refractivity (Wildman–Crippen MR) is 82.7 cm³/mol. The highest BCUT2D eigenvalue weighted by Crippen LogP contribution is 2.25. The van der Waals surface area contributed by atoms with Gasteiger partial charge in [0.05, 0.1) is 18.9 Å². The van der Waals surface area contributed by atoms with Crippen molar-refractivity contribution in [1.29, 1.82) is 0 Å². The summed E-state index contributed by atoms with van der Waals surface area (Å²) in [6.45, 7) is 3.30. The first-order valence-electron chi connectivity index (χ1n) is 7.94. The molecule has 0 aromatic carbocycles. The van der Waals surface area contributed by atoms with Gasteiger partial charge in [0.15, 0.2) is 5.65 Å². The van der Waals surface area contributed by atoms with Gasteiger partial charge in [-0.1, -0.05) is 19.8 Å². The lowest BCUT2D eigenvalue weighted by atomic mass is 9.88. The summed E-state index contributed by atoms with van der Waals surface area (Å²) in [6, 6.07) is 1.78. The average molecular weight is 302 g/mol. The van der Waals surface area contributed by atoms with Gasteiger partial charge < -0.3 is 10.1 Å². The smallest absolute Gasteiger partial charge is 0.256 e. The van der Waals surface area contributed by atoms with Crippen LogP contribution in [0.5, 0.6) is 0 Å². The van der Waals surface area contributed by atoms with Gasteiger partial charge in [0.2, 0.25) is 0 Å². The van der Waals surface area contributed by atoms with Crippen molar-refractivity contribution in [3.63, 3.8) is 0 Å². The molecule has 2 heterocycles. The number of carbonyl (C=O) groups is 1. The summed E-state index contributed by atoms with van der Waals surface area (Å²) in [6.07, 6.45) is 10.2. The molecule has 1 fully saturated rings. The molecule has 6 nitrogen and oxygen atoms in total. The van der Waals surface area contributed by atoms with E-state index in [1.54, 1.807) is 29.2 Å². The molecular weight excluding hydrogens is 280 g/mol. The Morgan fingerprint density at radius 3 is 3.18 bits per heavy atom. The van der Waals surface area contributed by atoms with Crippen molar-refractivity contribution in [2.24, 2.45) is 5.92 Å². The molecule has 1 saturated carbocycles. The van der Waals surface area contributed by atoms with Crippen molar-refractivity contribution < 1.29 is 9.53 Å². The second-order valence-electron chi connectivity index (χ2n) is 5.87. The van der Waals surface area contributed by atoms with E-state index in [4.69, 9.17) is 4.74 Å². The van der Waals surface area contributed by atoms with E-state index in [1.807, 2.05) is 0 Å². The fraction of sp³-hybridized carbons (Fsp3) is 0.562. The molecule has 0 aliphatic heterocycles.